The van der Waals surface area contributed by atoms with Gasteiger partial charge in [-0.15, -0.1) is 0 Å². The molecule has 0 saturated heterocycles. The van der Waals surface area contributed by atoms with Crippen molar-refractivity contribution in [3.05, 3.63) is 41.1 Å². The van der Waals surface area contributed by atoms with Gasteiger partial charge < -0.3 is 20.2 Å². The van der Waals surface area contributed by atoms with Crippen molar-refractivity contribution in [2.24, 2.45) is 0 Å². The van der Waals surface area contributed by atoms with E-state index in [2.05, 4.69) is 0 Å². The third-order valence-electron chi connectivity index (χ3n) is 1.81. The molecular weight excluding hydrogens is 341 g/mol. The first-order valence-electron chi connectivity index (χ1n) is 5.40. The molecule has 0 atom stereocenters. The number of aliphatic carboxylic acids is 1. The average Bonchev–Trinajstić information content (AvgIpc) is 2.26. The van der Waals surface area contributed by atoms with Gasteiger partial charge in [-0.1, -0.05) is 18.2 Å². The van der Waals surface area contributed by atoms with E-state index in [4.69, 9.17) is 9.90 Å². The van der Waals surface area contributed by atoms with Crippen molar-refractivity contribution in [3.8, 4) is 0 Å². The number of carboxylic acid groups (broad SMARTS) is 1. The Morgan fingerprint density at radius 2 is 1.47 bits per heavy atom. The molecule has 1 aromatic carbocycles. The monoisotopic (exact) mass is 357 g/mol. The second kappa shape index (κ2) is 8.81. The van der Waals surface area contributed by atoms with Crippen LogP contribution < -0.4 is 5.11 Å². The van der Waals surface area contributed by atoms with Gasteiger partial charge in [0.25, 0.3) is 0 Å². The van der Waals surface area contributed by atoms with Crippen LogP contribution in [-0.2, 0) is 25.2 Å². The predicted molar refractivity (Wildman–Crippen MR) is 66.4 cm³/mol. The van der Waals surface area contributed by atoms with Crippen LogP contribution in [-0.4, -0.2) is 22.5 Å². The summed E-state index contributed by atoms with van der Waals surface area (Å²) in [5.74, 6) is -1.57. The number of carbonyl (C=O) groups excluding carboxylic acids is 2. The maximum absolute atomic E-state index is 11.6. The van der Waals surface area contributed by atoms with Gasteiger partial charge in [-0.25, -0.2) is 0 Å². The van der Waals surface area contributed by atoms with Crippen LogP contribution >= 0.6 is 0 Å². The number of nitrogens with zero attached hydrogens (tertiary/aromatic N) is 1. The Hall–Kier alpha value is -1.22. The van der Waals surface area contributed by atoms with Crippen molar-refractivity contribution < 1.29 is 35.1 Å². The molecule has 0 aromatic heterocycles. The molecule has 1 rings (SSSR count). The van der Waals surface area contributed by atoms with Gasteiger partial charge in [0.2, 0.25) is 5.91 Å². The molecule has 0 aliphatic rings. The fourth-order valence-corrected chi connectivity index (χ4v) is 1.00. The zero-order valence-corrected chi connectivity index (χ0v) is 12.8. The Morgan fingerprint density at radius 3 is 1.79 bits per heavy atom. The number of amides is 1. The summed E-state index contributed by atoms with van der Waals surface area (Å²) in [6, 6.07) is 8.56. The van der Waals surface area contributed by atoms with E-state index in [1.807, 2.05) is 6.07 Å². The van der Waals surface area contributed by atoms with Crippen molar-refractivity contribution in [3.63, 3.8) is 0 Å². The molecule has 0 aliphatic heterocycles. The molecule has 0 heterocycles. The number of rotatable bonds is 1. The second-order valence-corrected chi connectivity index (χ2v) is 4.63. The minimum Gasteiger partial charge on any atom is -0.756 e. The number of carbonyl (C=O) groups is 2. The van der Waals surface area contributed by atoms with E-state index in [0.29, 0.717) is 10.6 Å². The summed E-state index contributed by atoms with van der Waals surface area (Å²) in [4.78, 5) is 20.5. The molecule has 0 aliphatic carbocycles. The Balaban J connectivity index is 0. The van der Waals surface area contributed by atoms with Crippen LogP contribution in [0.2, 0.25) is 0 Å². The third kappa shape index (κ3) is 8.49. The summed E-state index contributed by atoms with van der Waals surface area (Å²) < 4.78 is 0. The molecule has 0 N–H and O–H groups in total. The van der Waals surface area contributed by atoms with Crippen LogP contribution in [0.5, 0.6) is 0 Å². The summed E-state index contributed by atoms with van der Waals surface area (Å²) >= 11 is 0. The molecular formula is C13H17NO4Pd. The van der Waals surface area contributed by atoms with E-state index in [0.717, 1.165) is 6.92 Å². The average molecular weight is 358 g/mol. The van der Waals surface area contributed by atoms with Crippen molar-refractivity contribution >= 4 is 11.9 Å². The molecule has 0 spiro atoms. The van der Waals surface area contributed by atoms with Crippen LogP contribution in [0.15, 0.2) is 30.3 Å². The molecule has 0 unspecified atom stereocenters. The van der Waals surface area contributed by atoms with Crippen LogP contribution in [0, 0.1) is 5.21 Å². The molecule has 19 heavy (non-hydrogen) atoms. The summed E-state index contributed by atoms with van der Waals surface area (Å²) in [7, 11) is 0. The molecule has 1 amide bonds. The van der Waals surface area contributed by atoms with E-state index < -0.39 is 17.4 Å². The number of hydrogen-bond donors (Lipinski definition) is 0. The van der Waals surface area contributed by atoms with Gasteiger partial charge in [0.15, 0.2) is 0 Å². The Bertz CT molecular complexity index is 397. The number of hydroxylamine groups is 2. The third-order valence-corrected chi connectivity index (χ3v) is 1.81. The largest absolute Gasteiger partial charge is 2.00 e. The predicted octanol–water partition coefficient (Wildman–Crippen LogP) is 1.18. The topological polar surface area (TPSA) is 83.5 Å². The minimum atomic E-state index is -1.08. The Kier molecular flexibility index (Phi) is 9.32. The summed E-state index contributed by atoms with van der Waals surface area (Å²) in [6.07, 6.45) is 0. The van der Waals surface area contributed by atoms with Crippen LogP contribution in [0.25, 0.3) is 0 Å². The Morgan fingerprint density at radius 1 is 1.11 bits per heavy atom. The fraction of sp³-hybridized carbons (Fsp3) is 0.385. The number of carboxylic acids is 1. The molecule has 1 aromatic rings. The second-order valence-electron chi connectivity index (χ2n) is 4.63. The SMILES string of the molecule is CC(=O)[O-].CC(C)(C)N([O-])C(=O)c1ccccc1.[Pd+2]. The fourth-order valence-electron chi connectivity index (χ4n) is 1.00. The van der Waals surface area contributed by atoms with Crippen molar-refractivity contribution in [2.75, 3.05) is 0 Å². The van der Waals surface area contributed by atoms with Crippen molar-refractivity contribution in [1.29, 1.82) is 0 Å². The summed E-state index contributed by atoms with van der Waals surface area (Å²) in [5.41, 5.74) is -0.259. The molecule has 0 saturated carbocycles. The Labute approximate surface area is 126 Å². The first-order chi connectivity index (χ1) is 8.16. The number of hydrogen-bond acceptors (Lipinski definition) is 4. The number of benzene rings is 1. The van der Waals surface area contributed by atoms with Crippen LogP contribution in [0.3, 0.4) is 0 Å². The van der Waals surface area contributed by atoms with Crippen molar-refractivity contribution in [1.82, 2.24) is 5.06 Å². The maximum Gasteiger partial charge on any atom is 2.00 e. The van der Waals surface area contributed by atoms with Gasteiger partial charge in [-0.3, -0.25) is 4.79 Å². The van der Waals surface area contributed by atoms with E-state index in [-0.39, 0.29) is 20.4 Å². The van der Waals surface area contributed by atoms with Gasteiger partial charge in [0.1, 0.15) is 0 Å². The van der Waals surface area contributed by atoms with Gasteiger partial charge in [-0.05, 0) is 39.8 Å². The zero-order chi connectivity index (χ0) is 14.3. The summed E-state index contributed by atoms with van der Waals surface area (Å²) in [5, 5.41) is 20.9. The molecule has 6 heteroatoms. The minimum absolute atomic E-state index is 0. The molecule has 108 valence electrons. The first kappa shape index (κ1) is 20.1. The quantitative estimate of drug-likeness (QED) is 0.558. The van der Waals surface area contributed by atoms with Crippen LogP contribution in [0.1, 0.15) is 38.1 Å². The molecule has 0 radical (unpaired) electrons. The molecule has 0 bridgehead atoms. The standard InChI is InChI=1S/C11H14NO2.C2H4O2.Pd/c1-11(2,3)12(14)10(13)9-7-5-4-6-8-9;1-2(3)4;/h4-8H,1-3H3;1H3,(H,3,4);/q-1;;+2/p-1. The van der Waals surface area contributed by atoms with Crippen LogP contribution in [0.4, 0.5) is 0 Å². The normalized spacial score (nSPS) is 9.53. The van der Waals surface area contributed by atoms with E-state index >= 15 is 0 Å². The van der Waals surface area contributed by atoms with Gasteiger partial charge in [-0.2, -0.15) is 0 Å². The van der Waals surface area contributed by atoms with Gasteiger partial charge in [0.05, 0.1) is 0 Å². The van der Waals surface area contributed by atoms with E-state index in [1.54, 1.807) is 45.0 Å². The van der Waals surface area contributed by atoms with Crippen molar-refractivity contribution in [2.45, 2.75) is 33.2 Å². The van der Waals surface area contributed by atoms with E-state index in [9.17, 15) is 10.0 Å². The maximum atomic E-state index is 11.6. The molecule has 0 fully saturated rings. The molecule has 5 nitrogen and oxygen atoms in total. The van der Waals surface area contributed by atoms with Gasteiger partial charge in [0, 0.05) is 17.1 Å². The van der Waals surface area contributed by atoms with E-state index in [1.165, 1.54) is 0 Å². The zero-order valence-electron chi connectivity index (χ0n) is 11.3. The first-order valence-corrected chi connectivity index (χ1v) is 5.40. The summed E-state index contributed by atoms with van der Waals surface area (Å²) in [6.45, 7) is 6.10. The smallest absolute Gasteiger partial charge is 0.756 e. The van der Waals surface area contributed by atoms with Gasteiger partial charge >= 0.3 is 20.4 Å².